The van der Waals surface area contributed by atoms with Crippen molar-refractivity contribution in [1.82, 2.24) is 4.31 Å². The summed E-state index contributed by atoms with van der Waals surface area (Å²) in [6.07, 6.45) is 0. The SMILES string of the molecule is CCOC(=O)c1cc2cc(NC(=O)c3sccc3S(=O)(=O)N3CCSCC3)ccc2s1. The summed E-state index contributed by atoms with van der Waals surface area (Å²) in [6.45, 7) is 2.95. The number of hydrogen-bond donors (Lipinski definition) is 1. The molecule has 0 spiro atoms. The Kier molecular flexibility index (Phi) is 6.68. The maximum absolute atomic E-state index is 13.0. The zero-order chi connectivity index (χ0) is 22.0. The third-order valence-electron chi connectivity index (χ3n) is 4.67. The minimum absolute atomic E-state index is 0.0445. The number of hydrogen-bond acceptors (Lipinski definition) is 8. The molecule has 1 N–H and O–H groups in total. The third-order valence-corrected chi connectivity index (χ3v) is 9.70. The number of thiophene rings is 2. The van der Waals surface area contributed by atoms with Crippen LogP contribution in [0.3, 0.4) is 0 Å². The molecule has 31 heavy (non-hydrogen) atoms. The number of carbonyl (C=O) groups is 2. The van der Waals surface area contributed by atoms with Gasteiger partial charge in [0.15, 0.2) is 0 Å². The fraction of sp³-hybridized carbons (Fsp3) is 0.300. The van der Waals surface area contributed by atoms with E-state index in [0.29, 0.717) is 30.3 Å². The molecule has 4 rings (SSSR count). The van der Waals surface area contributed by atoms with Crippen molar-refractivity contribution in [1.29, 1.82) is 0 Å². The van der Waals surface area contributed by atoms with Crippen molar-refractivity contribution in [3.8, 4) is 0 Å². The van der Waals surface area contributed by atoms with E-state index in [0.717, 1.165) is 32.9 Å². The van der Waals surface area contributed by atoms with Gasteiger partial charge >= 0.3 is 5.97 Å². The predicted molar refractivity (Wildman–Crippen MR) is 126 cm³/mol. The van der Waals surface area contributed by atoms with Crippen LogP contribution in [-0.2, 0) is 14.8 Å². The highest BCUT2D eigenvalue weighted by Gasteiger charge is 2.31. The molecule has 1 fully saturated rings. The van der Waals surface area contributed by atoms with Crippen LogP contribution in [0.25, 0.3) is 10.1 Å². The van der Waals surface area contributed by atoms with Crippen molar-refractivity contribution in [3.05, 3.63) is 45.5 Å². The van der Waals surface area contributed by atoms with E-state index in [-0.39, 0.29) is 15.7 Å². The molecule has 11 heteroatoms. The Hall–Kier alpha value is -1.92. The fourth-order valence-electron chi connectivity index (χ4n) is 3.20. The van der Waals surface area contributed by atoms with E-state index in [1.807, 2.05) is 6.07 Å². The molecule has 0 radical (unpaired) electrons. The number of nitrogens with zero attached hydrogens (tertiary/aromatic N) is 1. The quantitative estimate of drug-likeness (QED) is 0.516. The lowest BCUT2D eigenvalue weighted by Gasteiger charge is -2.25. The zero-order valence-corrected chi connectivity index (χ0v) is 19.9. The molecule has 2 aromatic heterocycles. The highest BCUT2D eigenvalue weighted by molar-refractivity contribution is 7.99. The number of fused-ring (bicyclic) bond motifs is 1. The Balaban J connectivity index is 1.56. The molecule has 1 aliphatic heterocycles. The minimum Gasteiger partial charge on any atom is -0.462 e. The standard InChI is InChI=1S/C20H20N2O5S4/c1-2-27-20(24)16-12-13-11-14(3-4-15(13)30-16)21-19(23)18-17(5-8-29-18)31(25,26)22-6-9-28-10-7-22/h3-5,8,11-12H,2,6-7,9-10H2,1H3,(H,21,23). The van der Waals surface area contributed by atoms with Gasteiger partial charge < -0.3 is 10.1 Å². The molecule has 1 aliphatic rings. The van der Waals surface area contributed by atoms with Crippen molar-refractivity contribution < 1.29 is 22.7 Å². The lowest BCUT2D eigenvalue weighted by atomic mass is 10.2. The maximum Gasteiger partial charge on any atom is 0.348 e. The number of sulfonamides is 1. The zero-order valence-electron chi connectivity index (χ0n) is 16.6. The number of rotatable bonds is 6. The van der Waals surface area contributed by atoms with Gasteiger partial charge in [0.05, 0.1) is 6.61 Å². The number of carbonyl (C=O) groups excluding carboxylic acids is 2. The molecule has 1 saturated heterocycles. The molecule has 1 amide bonds. The van der Waals surface area contributed by atoms with Crippen molar-refractivity contribution in [2.75, 3.05) is 36.5 Å². The number of thioether (sulfide) groups is 1. The van der Waals surface area contributed by atoms with E-state index in [2.05, 4.69) is 5.32 Å². The van der Waals surface area contributed by atoms with Crippen LogP contribution < -0.4 is 5.32 Å². The van der Waals surface area contributed by atoms with Crippen LogP contribution in [0.1, 0.15) is 26.3 Å². The number of amides is 1. The van der Waals surface area contributed by atoms with E-state index >= 15 is 0 Å². The molecule has 0 aliphatic carbocycles. The second kappa shape index (κ2) is 9.29. The van der Waals surface area contributed by atoms with Gasteiger partial charge in [-0.15, -0.1) is 22.7 Å². The first kappa shape index (κ1) is 22.3. The van der Waals surface area contributed by atoms with Crippen LogP contribution in [0.4, 0.5) is 5.69 Å². The Labute approximate surface area is 192 Å². The van der Waals surface area contributed by atoms with E-state index in [9.17, 15) is 18.0 Å². The normalized spacial score (nSPS) is 15.1. The van der Waals surface area contributed by atoms with Crippen LogP contribution in [0.5, 0.6) is 0 Å². The lowest BCUT2D eigenvalue weighted by molar-refractivity contribution is 0.0532. The molecule has 3 aromatic rings. The Morgan fingerprint density at radius 2 is 1.94 bits per heavy atom. The molecule has 3 heterocycles. The number of anilines is 1. The van der Waals surface area contributed by atoms with Gasteiger partial charge in [-0.25, -0.2) is 13.2 Å². The average molecular weight is 497 g/mol. The van der Waals surface area contributed by atoms with Crippen molar-refractivity contribution in [2.24, 2.45) is 0 Å². The van der Waals surface area contributed by atoms with Gasteiger partial charge in [0, 0.05) is 35.0 Å². The number of benzene rings is 1. The van der Waals surface area contributed by atoms with E-state index < -0.39 is 15.9 Å². The molecule has 0 atom stereocenters. The molecule has 164 valence electrons. The van der Waals surface area contributed by atoms with Crippen LogP contribution in [0.2, 0.25) is 0 Å². The summed E-state index contributed by atoms with van der Waals surface area (Å²) in [5.74, 6) is 0.651. The second-order valence-corrected chi connectivity index (χ2v) is 11.8. The van der Waals surface area contributed by atoms with Gasteiger partial charge in [-0.05, 0) is 48.0 Å². The first-order valence-corrected chi connectivity index (χ1v) is 13.9. The van der Waals surface area contributed by atoms with Crippen molar-refractivity contribution in [3.63, 3.8) is 0 Å². The molecule has 0 bridgehead atoms. The smallest absolute Gasteiger partial charge is 0.348 e. The molecular weight excluding hydrogens is 476 g/mol. The molecule has 1 aromatic carbocycles. The summed E-state index contributed by atoms with van der Waals surface area (Å²) >= 11 is 4.14. The van der Waals surface area contributed by atoms with Gasteiger partial charge in [0.25, 0.3) is 5.91 Å². The summed E-state index contributed by atoms with van der Waals surface area (Å²) in [7, 11) is -3.71. The van der Waals surface area contributed by atoms with Gasteiger partial charge in [0.2, 0.25) is 10.0 Å². The maximum atomic E-state index is 13.0. The monoisotopic (exact) mass is 496 g/mol. The molecule has 0 unspecified atom stereocenters. The van der Waals surface area contributed by atoms with Crippen LogP contribution in [-0.4, -0.2) is 55.8 Å². The summed E-state index contributed by atoms with van der Waals surface area (Å²) < 4.78 is 33.4. The predicted octanol–water partition coefficient (Wildman–Crippen LogP) is 4.13. The van der Waals surface area contributed by atoms with Crippen molar-refractivity contribution in [2.45, 2.75) is 11.8 Å². The van der Waals surface area contributed by atoms with E-state index in [4.69, 9.17) is 4.74 Å². The summed E-state index contributed by atoms with van der Waals surface area (Å²) in [6, 6.07) is 8.52. The van der Waals surface area contributed by atoms with Crippen LogP contribution >= 0.6 is 34.4 Å². The number of nitrogens with one attached hydrogen (secondary N) is 1. The van der Waals surface area contributed by atoms with Crippen molar-refractivity contribution >= 4 is 72.1 Å². The third kappa shape index (κ3) is 4.65. The molecular formula is C20H20N2O5S4. The van der Waals surface area contributed by atoms with Gasteiger partial charge in [-0.3, -0.25) is 4.79 Å². The van der Waals surface area contributed by atoms with E-state index in [1.54, 1.807) is 42.3 Å². The average Bonchev–Trinajstić information content (AvgIpc) is 3.42. The summed E-state index contributed by atoms with van der Waals surface area (Å²) in [5.41, 5.74) is 0.525. The second-order valence-electron chi connectivity index (χ2n) is 6.67. The Morgan fingerprint density at radius 1 is 1.16 bits per heavy atom. The van der Waals surface area contributed by atoms with E-state index in [1.165, 1.54) is 21.7 Å². The molecule has 7 nitrogen and oxygen atoms in total. The van der Waals surface area contributed by atoms with Crippen LogP contribution in [0, 0.1) is 0 Å². The lowest BCUT2D eigenvalue weighted by Crippen LogP contribution is -2.38. The summed E-state index contributed by atoms with van der Waals surface area (Å²) in [4.78, 5) is 25.6. The fourth-order valence-corrected chi connectivity index (χ4v) is 8.01. The minimum atomic E-state index is -3.71. The van der Waals surface area contributed by atoms with Crippen LogP contribution in [0.15, 0.2) is 40.6 Å². The number of ether oxygens (including phenoxy) is 1. The van der Waals surface area contributed by atoms with Gasteiger partial charge in [-0.1, -0.05) is 0 Å². The first-order valence-electron chi connectivity index (χ1n) is 9.57. The summed E-state index contributed by atoms with van der Waals surface area (Å²) in [5, 5.41) is 5.21. The highest BCUT2D eigenvalue weighted by atomic mass is 32.2. The Morgan fingerprint density at radius 3 is 2.68 bits per heavy atom. The first-order chi connectivity index (χ1) is 14.9. The van der Waals surface area contributed by atoms with Gasteiger partial charge in [-0.2, -0.15) is 16.1 Å². The Bertz CT molecular complexity index is 1230. The topological polar surface area (TPSA) is 92.8 Å². The van der Waals surface area contributed by atoms with Gasteiger partial charge in [0.1, 0.15) is 14.6 Å². The largest absolute Gasteiger partial charge is 0.462 e. The highest BCUT2D eigenvalue weighted by Crippen LogP contribution is 2.31. The number of esters is 1. The molecule has 0 saturated carbocycles.